The van der Waals surface area contributed by atoms with Gasteiger partial charge in [-0.15, -0.1) is 0 Å². The SMILES string of the molecule is CC(CON)c1cccc(F)c1Br. The van der Waals surface area contributed by atoms with Crippen LogP contribution < -0.4 is 5.90 Å². The molecular weight excluding hydrogens is 237 g/mol. The quantitative estimate of drug-likeness (QED) is 0.834. The first-order valence-corrected chi connectivity index (χ1v) is 4.71. The lowest BCUT2D eigenvalue weighted by Crippen LogP contribution is -2.09. The topological polar surface area (TPSA) is 35.2 Å². The summed E-state index contributed by atoms with van der Waals surface area (Å²) < 4.78 is 13.5. The Labute approximate surface area is 85.0 Å². The summed E-state index contributed by atoms with van der Waals surface area (Å²) >= 11 is 3.18. The molecule has 1 aromatic rings. The molecule has 2 nitrogen and oxygen atoms in total. The van der Waals surface area contributed by atoms with Gasteiger partial charge in [0.25, 0.3) is 0 Å². The lowest BCUT2D eigenvalue weighted by atomic mass is 10.0. The smallest absolute Gasteiger partial charge is 0.137 e. The van der Waals surface area contributed by atoms with Gasteiger partial charge in [0.2, 0.25) is 0 Å². The van der Waals surface area contributed by atoms with Gasteiger partial charge in [0, 0.05) is 5.92 Å². The molecule has 1 aromatic carbocycles. The van der Waals surface area contributed by atoms with Crippen LogP contribution in [0, 0.1) is 5.82 Å². The number of rotatable bonds is 3. The first kappa shape index (κ1) is 10.6. The van der Waals surface area contributed by atoms with Crippen molar-refractivity contribution in [1.29, 1.82) is 0 Å². The second kappa shape index (κ2) is 4.69. The fourth-order valence-electron chi connectivity index (χ4n) is 1.14. The summed E-state index contributed by atoms with van der Waals surface area (Å²) in [6, 6.07) is 4.92. The third kappa shape index (κ3) is 2.49. The molecule has 0 radical (unpaired) electrons. The predicted octanol–water partition coefficient (Wildman–Crippen LogP) is 2.58. The van der Waals surface area contributed by atoms with Gasteiger partial charge in [0.1, 0.15) is 5.82 Å². The third-order valence-corrected chi connectivity index (χ3v) is 2.70. The maximum absolute atomic E-state index is 13.1. The molecule has 0 aromatic heterocycles. The summed E-state index contributed by atoms with van der Waals surface area (Å²) in [6.45, 7) is 2.30. The second-order valence-corrected chi connectivity index (χ2v) is 3.67. The van der Waals surface area contributed by atoms with Crippen molar-refractivity contribution in [1.82, 2.24) is 0 Å². The number of nitrogens with two attached hydrogens (primary N) is 1. The van der Waals surface area contributed by atoms with E-state index in [-0.39, 0.29) is 11.7 Å². The zero-order chi connectivity index (χ0) is 9.84. The van der Waals surface area contributed by atoms with Crippen molar-refractivity contribution in [2.45, 2.75) is 12.8 Å². The molecule has 0 heterocycles. The summed E-state index contributed by atoms with van der Waals surface area (Å²) in [4.78, 5) is 4.51. The molecular formula is C9H11BrFNO. The Hall–Kier alpha value is -0.450. The average Bonchev–Trinajstić information content (AvgIpc) is 2.10. The predicted molar refractivity (Wildman–Crippen MR) is 52.7 cm³/mol. The summed E-state index contributed by atoms with van der Waals surface area (Å²) in [6.07, 6.45) is 0. The Kier molecular flexibility index (Phi) is 3.84. The standard InChI is InChI=1S/C9H11BrFNO/c1-6(5-13-12)7-3-2-4-8(11)9(7)10/h2-4,6H,5,12H2,1H3. The largest absolute Gasteiger partial charge is 0.304 e. The summed E-state index contributed by atoms with van der Waals surface area (Å²) in [7, 11) is 0. The van der Waals surface area contributed by atoms with Gasteiger partial charge in [-0.1, -0.05) is 19.1 Å². The highest BCUT2D eigenvalue weighted by Crippen LogP contribution is 2.26. The summed E-state index contributed by atoms with van der Waals surface area (Å²) in [5, 5.41) is 0. The van der Waals surface area contributed by atoms with E-state index in [1.807, 2.05) is 13.0 Å². The Morgan fingerprint density at radius 3 is 2.92 bits per heavy atom. The van der Waals surface area contributed by atoms with Crippen molar-refractivity contribution in [2.75, 3.05) is 6.61 Å². The van der Waals surface area contributed by atoms with E-state index in [1.54, 1.807) is 6.07 Å². The molecule has 13 heavy (non-hydrogen) atoms. The van der Waals surface area contributed by atoms with Crippen LogP contribution in [0.15, 0.2) is 22.7 Å². The van der Waals surface area contributed by atoms with E-state index in [4.69, 9.17) is 5.90 Å². The van der Waals surface area contributed by atoms with Crippen LogP contribution in [0.4, 0.5) is 4.39 Å². The van der Waals surface area contributed by atoms with Crippen LogP contribution in [0.25, 0.3) is 0 Å². The molecule has 0 amide bonds. The van der Waals surface area contributed by atoms with Crippen LogP contribution in [-0.2, 0) is 4.84 Å². The minimum atomic E-state index is -0.263. The highest BCUT2D eigenvalue weighted by Gasteiger charge is 2.11. The number of hydrogen-bond acceptors (Lipinski definition) is 2. The second-order valence-electron chi connectivity index (χ2n) is 2.88. The monoisotopic (exact) mass is 247 g/mol. The van der Waals surface area contributed by atoms with Crippen molar-refractivity contribution < 1.29 is 9.23 Å². The van der Waals surface area contributed by atoms with E-state index in [9.17, 15) is 4.39 Å². The zero-order valence-electron chi connectivity index (χ0n) is 7.26. The van der Waals surface area contributed by atoms with Crippen LogP contribution in [0.3, 0.4) is 0 Å². The molecule has 4 heteroatoms. The Morgan fingerprint density at radius 2 is 2.31 bits per heavy atom. The Balaban J connectivity index is 2.93. The van der Waals surface area contributed by atoms with Crippen LogP contribution in [0.1, 0.15) is 18.4 Å². The molecule has 72 valence electrons. The average molecular weight is 248 g/mol. The molecule has 0 saturated heterocycles. The van der Waals surface area contributed by atoms with Crippen LogP contribution in [0.5, 0.6) is 0 Å². The lowest BCUT2D eigenvalue weighted by molar-refractivity contribution is 0.126. The van der Waals surface area contributed by atoms with Gasteiger partial charge in [0.15, 0.2) is 0 Å². The van der Waals surface area contributed by atoms with Crippen LogP contribution >= 0.6 is 15.9 Å². The fraction of sp³-hybridized carbons (Fsp3) is 0.333. The van der Waals surface area contributed by atoms with E-state index in [0.717, 1.165) is 5.56 Å². The van der Waals surface area contributed by atoms with Gasteiger partial charge in [-0.2, -0.15) is 0 Å². The van der Waals surface area contributed by atoms with Gasteiger partial charge >= 0.3 is 0 Å². The fourth-order valence-corrected chi connectivity index (χ4v) is 1.79. The molecule has 1 rings (SSSR count). The van der Waals surface area contributed by atoms with Crippen molar-refractivity contribution in [2.24, 2.45) is 5.90 Å². The van der Waals surface area contributed by atoms with Crippen LogP contribution in [-0.4, -0.2) is 6.61 Å². The highest BCUT2D eigenvalue weighted by molar-refractivity contribution is 9.10. The van der Waals surface area contributed by atoms with Crippen molar-refractivity contribution >= 4 is 15.9 Å². The third-order valence-electron chi connectivity index (χ3n) is 1.86. The highest BCUT2D eigenvalue weighted by atomic mass is 79.9. The first-order chi connectivity index (χ1) is 6.16. The lowest BCUT2D eigenvalue weighted by Gasteiger charge is -2.12. The Morgan fingerprint density at radius 1 is 1.62 bits per heavy atom. The molecule has 2 N–H and O–H groups in total. The molecule has 0 bridgehead atoms. The van der Waals surface area contributed by atoms with Gasteiger partial charge in [-0.25, -0.2) is 10.3 Å². The first-order valence-electron chi connectivity index (χ1n) is 3.92. The molecule has 0 aliphatic heterocycles. The molecule has 1 atom stereocenters. The molecule has 0 fully saturated rings. The zero-order valence-corrected chi connectivity index (χ0v) is 8.84. The van der Waals surface area contributed by atoms with Gasteiger partial charge in [0.05, 0.1) is 11.1 Å². The molecule has 0 aliphatic carbocycles. The molecule has 0 spiro atoms. The summed E-state index contributed by atoms with van der Waals surface area (Å²) in [5.74, 6) is 4.76. The summed E-state index contributed by atoms with van der Waals surface area (Å²) in [5.41, 5.74) is 0.866. The minimum Gasteiger partial charge on any atom is -0.304 e. The number of benzene rings is 1. The van der Waals surface area contributed by atoms with E-state index in [1.165, 1.54) is 6.07 Å². The Bertz CT molecular complexity index is 293. The van der Waals surface area contributed by atoms with E-state index in [2.05, 4.69) is 20.8 Å². The molecule has 0 saturated carbocycles. The van der Waals surface area contributed by atoms with E-state index < -0.39 is 0 Å². The maximum atomic E-state index is 13.1. The minimum absolute atomic E-state index is 0.0788. The van der Waals surface area contributed by atoms with Gasteiger partial charge in [-0.3, -0.25) is 0 Å². The van der Waals surface area contributed by atoms with Crippen LogP contribution in [0.2, 0.25) is 0 Å². The molecule has 1 unspecified atom stereocenters. The van der Waals surface area contributed by atoms with Crippen molar-refractivity contribution in [3.8, 4) is 0 Å². The number of halogens is 2. The van der Waals surface area contributed by atoms with Gasteiger partial charge in [-0.05, 0) is 27.6 Å². The van der Waals surface area contributed by atoms with Crippen molar-refractivity contribution in [3.63, 3.8) is 0 Å². The number of hydrogen-bond donors (Lipinski definition) is 1. The van der Waals surface area contributed by atoms with E-state index >= 15 is 0 Å². The molecule has 0 aliphatic rings. The maximum Gasteiger partial charge on any atom is 0.137 e. The van der Waals surface area contributed by atoms with Gasteiger partial charge < -0.3 is 4.84 Å². The van der Waals surface area contributed by atoms with Crippen molar-refractivity contribution in [3.05, 3.63) is 34.1 Å². The van der Waals surface area contributed by atoms with E-state index in [0.29, 0.717) is 11.1 Å². The normalized spacial score (nSPS) is 12.9.